The molecule has 20 heavy (non-hydrogen) atoms. The van der Waals surface area contributed by atoms with Crippen LogP contribution in [-0.4, -0.2) is 47.2 Å². The van der Waals surface area contributed by atoms with Crippen molar-refractivity contribution in [2.24, 2.45) is 0 Å². The van der Waals surface area contributed by atoms with Gasteiger partial charge >= 0.3 is 0 Å². The molecule has 0 aliphatic heterocycles. The lowest BCUT2D eigenvalue weighted by Gasteiger charge is -2.29. The van der Waals surface area contributed by atoms with Crippen molar-refractivity contribution in [1.82, 2.24) is 10.2 Å². The summed E-state index contributed by atoms with van der Waals surface area (Å²) in [6, 6.07) is 2.69. The first-order valence-corrected chi connectivity index (χ1v) is 7.76. The normalized spacial score (nSPS) is 22.1. The molecular formula is C15H25N3O2. The second-order valence-corrected chi connectivity index (χ2v) is 6.08. The fourth-order valence-electron chi connectivity index (χ4n) is 3.52. The first-order valence-electron chi connectivity index (χ1n) is 7.76. The molecule has 2 N–H and O–H groups in total. The quantitative estimate of drug-likeness (QED) is 0.765. The molecule has 0 aromatic heterocycles. The van der Waals surface area contributed by atoms with E-state index in [2.05, 4.69) is 16.3 Å². The molecule has 0 atom stereocenters. The molecule has 2 aliphatic rings. The number of aliphatic hydroxyl groups excluding tert-OH is 1. The Balaban J connectivity index is 1.89. The highest BCUT2D eigenvalue weighted by molar-refractivity contribution is 5.79. The number of carbonyl (C=O) groups is 1. The van der Waals surface area contributed by atoms with Gasteiger partial charge in [-0.15, -0.1) is 0 Å². The number of hydrogen-bond acceptors (Lipinski definition) is 4. The molecule has 5 nitrogen and oxygen atoms in total. The lowest BCUT2D eigenvalue weighted by atomic mass is 10.00. The van der Waals surface area contributed by atoms with Crippen LogP contribution in [-0.2, 0) is 4.79 Å². The molecule has 5 heteroatoms. The van der Waals surface area contributed by atoms with Gasteiger partial charge in [-0.2, -0.15) is 5.26 Å². The highest BCUT2D eigenvalue weighted by Crippen LogP contribution is 2.29. The maximum atomic E-state index is 12.2. The number of nitrogens with one attached hydrogen (secondary N) is 1. The zero-order chi connectivity index (χ0) is 14.4. The highest BCUT2D eigenvalue weighted by Gasteiger charge is 2.36. The standard InChI is InChI=1S/C15H25N3O2/c16-12-15(7-3-4-8-15)17-14(20)11-18(9-10-19)13-5-1-2-6-13/h13,19H,1-11H2,(H,17,20). The first kappa shape index (κ1) is 15.3. The Morgan fingerprint density at radius 3 is 2.50 bits per heavy atom. The smallest absolute Gasteiger partial charge is 0.235 e. The Morgan fingerprint density at radius 1 is 1.30 bits per heavy atom. The lowest BCUT2D eigenvalue weighted by molar-refractivity contribution is -0.124. The Hall–Kier alpha value is -1.12. The zero-order valence-corrected chi connectivity index (χ0v) is 12.1. The second kappa shape index (κ2) is 7.05. The van der Waals surface area contributed by atoms with Crippen LogP contribution in [0.1, 0.15) is 51.4 Å². The molecule has 2 fully saturated rings. The van der Waals surface area contributed by atoms with Crippen LogP contribution < -0.4 is 5.32 Å². The van der Waals surface area contributed by atoms with E-state index in [1.807, 2.05) is 0 Å². The number of nitrogens with zero attached hydrogens (tertiary/aromatic N) is 2. The van der Waals surface area contributed by atoms with Gasteiger partial charge in [0.15, 0.2) is 0 Å². The van der Waals surface area contributed by atoms with Crippen molar-refractivity contribution < 1.29 is 9.90 Å². The van der Waals surface area contributed by atoms with Crippen molar-refractivity contribution in [1.29, 1.82) is 5.26 Å². The SMILES string of the molecule is N#CC1(NC(=O)CN(CCO)C2CCCC2)CCCC1. The van der Waals surface area contributed by atoms with Crippen LogP contribution in [0.2, 0.25) is 0 Å². The molecule has 0 radical (unpaired) electrons. The van der Waals surface area contributed by atoms with Crippen molar-refractivity contribution in [2.75, 3.05) is 19.7 Å². The zero-order valence-electron chi connectivity index (χ0n) is 12.1. The van der Waals surface area contributed by atoms with Gasteiger partial charge in [-0.3, -0.25) is 9.69 Å². The van der Waals surface area contributed by atoms with Gasteiger partial charge in [-0.05, 0) is 38.5 Å². The van der Waals surface area contributed by atoms with Crippen LogP contribution in [0.3, 0.4) is 0 Å². The number of carbonyl (C=O) groups excluding carboxylic acids is 1. The molecule has 0 saturated heterocycles. The summed E-state index contributed by atoms with van der Waals surface area (Å²) >= 11 is 0. The van der Waals surface area contributed by atoms with E-state index in [0.29, 0.717) is 19.1 Å². The third kappa shape index (κ3) is 3.71. The van der Waals surface area contributed by atoms with Gasteiger partial charge in [0.1, 0.15) is 5.54 Å². The Bertz CT molecular complexity index is 366. The summed E-state index contributed by atoms with van der Waals surface area (Å²) in [6.07, 6.45) is 8.17. The van der Waals surface area contributed by atoms with E-state index in [0.717, 1.165) is 38.5 Å². The van der Waals surface area contributed by atoms with Crippen LogP contribution in [0.25, 0.3) is 0 Å². The van der Waals surface area contributed by atoms with Gasteiger partial charge in [0, 0.05) is 12.6 Å². The van der Waals surface area contributed by atoms with Gasteiger partial charge in [0.2, 0.25) is 5.91 Å². The van der Waals surface area contributed by atoms with E-state index in [-0.39, 0.29) is 12.5 Å². The van der Waals surface area contributed by atoms with Crippen molar-refractivity contribution in [3.8, 4) is 6.07 Å². The summed E-state index contributed by atoms with van der Waals surface area (Å²) in [6.45, 7) is 0.916. The summed E-state index contributed by atoms with van der Waals surface area (Å²) in [7, 11) is 0. The summed E-state index contributed by atoms with van der Waals surface area (Å²) in [5.41, 5.74) is -0.641. The van der Waals surface area contributed by atoms with Crippen molar-refractivity contribution in [3.05, 3.63) is 0 Å². The van der Waals surface area contributed by atoms with E-state index < -0.39 is 5.54 Å². The molecule has 0 aromatic carbocycles. The summed E-state index contributed by atoms with van der Waals surface area (Å²) in [5, 5.41) is 21.4. The fraction of sp³-hybridized carbons (Fsp3) is 0.867. The van der Waals surface area contributed by atoms with Crippen molar-refractivity contribution >= 4 is 5.91 Å². The Kier molecular flexibility index (Phi) is 5.38. The van der Waals surface area contributed by atoms with E-state index in [4.69, 9.17) is 5.11 Å². The summed E-state index contributed by atoms with van der Waals surface area (Å²) in [5.74, 6) is -0.0752. The largest absolute Gasteiger partial charge is 0.395 e. The van der Waals surface area contributed by atoms with E-state index >= 15 is 0 Å². The topological polar surface area (TPSA) is 76.4 Å². The third-order valence-corrected chi connectivity index (χ3v) is 4.62. The lowest BCUT2D eigenvalue weighted by Crippen LogP contribution is -2.50. The Morgan fingerprint density at radius 2 is 1.95 bits per heavy atom. The maximum Gasteiger partial charge on any atom is 0.235 e. The van der Waals surface area contributed by atoms with Gasteiger partial charge in [0.25, 0.3) is 0 Å². The fourth-order valence-corrected chi connectivity index (χ4v) is 3.52. The second-order valence-electron chi connectivity index (χ2n) is 6.08. The maximum absolute atomic E-state index is 12.2. The summed E-state index contributed by atoms with van der Waals surface area (Å²) in [4.78, 5) is 14.3. The highest BCUT2D eigenvalue weighted by atomic mass is 16.3. The minimum absolute atomic E-state index is 0.0752. The van der Waals surface area contributed by atoms with Crippen LogP contribution in [0, 0.1) is 11.3 Å². The average molecular weight is 279 g/mol. The number of nitriles is 1. The van der Waals surface area contributed by atoms with Crippen molar-refractivity contribution in [3.63, 3.8) is 0 Å². The molecule has 1 amide bonds. The minimum Gasteiger partial charge on any atom is -0.395 e. The van der Waals surface area contributed by atoms with Gasteiger partial charge in [0.05, 0.1) is 19.2 Å². The molecule has 0 spiro atoms. The predicted octanol–water partition coefficient (Wildman–Crippen LogP) is 1.18. The molecule has 112 valence electrons. The number of aliphatic hydroxyl groups is 1. The molecule has 2 aliphatic carbocycles. The van der Waals surface area contributed by atoms with E-state index in [1.165, 1.54) is 12.8 Å². The van der Waals surface area contributed by atoms with Crippen LogP contribution >= 0.6 is 0 Å². The molecule has 0 bridgehead atoms. The predicted molar refractivity (Wildman–Crippen MR) is 75.9 cm³/mol. The molecule has 2 rings (SSSR count). The first-order chi connectivity index (χ1) is 9.69. The minimum atomic E-state index is -0.641. The third-order valence-electron chi connectivity index (χ3n) is 4.62. The van der Waals surface area contributed by atoms with E-state index in [1.54, 1.807) is 0 Å². The van der Waals surface area contributed by atoms with Crippen molar-refractivity contribution in [2.45, 2.75) is 62.9 Å². The van der Waals surface area contributed by atoms with Gasteiger partial charge in [-0.25, -0.2) is 0 Å². The van der Waals surface area contributed by atoms with Gasteiger partial charge in [-0.1, -0.05) is 12.8 Å². The average Bonchev–Trinajstić information content (AvgIpc) is 3.10. The molecule has 0 unspecified atom stereocenters. The molecular weight excluding hydrogens is 254 g/mol. The number of amides is 1. The van der Waals surface area contributed by atoms with Gasteiger partial charge < -0.3 is 10.4 Å². The monoisotopic (exact) mass is 279 g/mol. The van der Waals surface area contributed by atoms with Crippen LogP contribution in [0.15, 0.2) is 0 Å². The van der Waals surface area contributed by atoms with Crippen LogP contribution in [0.4, 0.5) is 0 Å². The molecule has 0 aromatic rings. The number of rotatable bonds is 6. The summed E-state index contributed by atoms with van der Waals surface area (Å²) < 4.78 is 0. The number of hydrogen-bond donors (Lipinski definition) is 2. The Labute approximate surface area is 120 Å². The van der Waals surface area contributed by atoms with E-state index in [9.17, 15) is 10.1 Å². The molecule has 0 heterocycles. The van der Waals surface area contributed by atoms with Crippen LogP contribution in [0.5, 0.6) is 0 Å². The molecule has 2 saturated carbocycles.